The van der Waals surface area contributed by atoms with Gasteiger partial charge in [-0.15, -0.1) is 0 Å². The minimum atomic E-state index is -3.98. The Balaban J connectivity index is 1.91. The first-order valence-corrected chi connectivity index (χ1v) is 14.2. The molecule has 3 aromatic carbocycles. The zero-order chi connectivity index (χ0) is 27.2. The van der Waals surface area contributed by atoms with Crippen molar-refractivity contribution in [2.45, 2.75) is 44.2 Å². The van der Waals surface area contributed by atoms with Crippen LogP contribution < -0.4 is 5.32 Å². The summed E-state index contributed by atoms with van der Waals surface area (Å²) in [5.41, 5.74) is 0.487. The molecule has 2 amide bonds. The molecule has 0 radical (unpaired) electrons. The van der Waals surface area contributed by atoms with Crippen LogP contribution in [0.3, 0.4) is 0 Å². The topological polar surface area (TPSA) is 86.8 Å². The Labute approximate surface area is 228 Å². The van der Waals surface area contributed by atoms with Gasteiger partial charge in [-0.05, 0) is 47.9 Å². The molecule has 0 bridgehead atoms. The molecule has 0 spiro atoms. The lowest BCUT2D eigenvalue weighted by atomic mass is 10.1. The van der Waals surface area contributed by atoms with Crippen molar-refractivity contribution in [1.29, 1.82) is 0 Å². The van der Waals surface area contributed by atoms with E-state index in [1.807, 2.05) is 31.2 Å². The van der Waals surface area contributed by atoms with E-state index in [-0.39, 0.29) is 17.3 Å². The zero-order valence-corrected chi connectivity index (χ0v) is 23.4. The lowest BCUT2D eigenvalue weighted by Crippen LogP contribution is -2.51. The Bertz CT molecular complexity index is 1360. The molecule has 3 rings (SSSR count). The molecule has 0 fully saturated rings. The summed E-state index contributed by atoms with van der Waals surface area (Å²) in [7, 11) is -2.63. The molecule has 1 N–H and O–H groups in total. The van der Waals surface area contributed by atoms with Gasteiger partial charge in [-0.1, -0.05) is 73.4 Å². The first-order valence-electron chi connectivity index (χ1n) is 12.0. The van der Waals surface area contributed by atoms with Crippen molar-refractivity contribution in [3.63, 3.8) is 0 Å². The third-order valence-corrected chi connectivity index (χ3v) is 8.62. The van der Waals surface area contributed by atoms with Crippen LogP contribution in [0.5, 0.6) is 0 Å². The molecule has 0 aliphatic heterocycles. The van der Waals surface area contributed by atoms with Crippen LogP contribution in [0.25, 0.3) is 10.8 Å². The molecule has 10 heteroatoms. The number of nitrogens with zero attached hydrogens (tertiary/aromatic N) is 2. The van der Waals surface area contributed by atoms with Crippen molar-refractivity contribution in [2.24, 2.45) is 0 Å². The lowest BCUT2D eigenvalue weighted by molar-refractivity contribution is -0.141. The van der Waals surface area contributed by atoms with Gasteiger partial charge in [0, 0.05) is 35.7 Å². The minimum absolute atomic E-state index is 0.0424. The summed E-state index contributed by atoms with van der Waals surface area (Å²) < 4.78 is 27.7. The smallest absolute Gasteiger partial charge is 0.243 e. The number of benzene rings is 3. The van der Waals surface area contributed by atoms with Gasteiger partial charge in [-0.2, -0.15) is 4.31 Å². The first kappa shape index (κ1) is 28.9. The Hall–Kier alpha value is -2.65. The Morgan fingerprint density at radius 3 is 2.22 bits per heavy atom. The van der Waals surface area contributed by atoms with Crippen LogP contribution in [0.4, 0.5) is 0 Å². The average Bonchev–Trinajstić information content (AvgIpc) is 2.88. The maximum Gasteiger partial charge on any atom is 0.243 e. The summed E-state index contributed by atoms with van der Waals surface area (Å²) in [6.07, 6.45) is 1.06. The summed E-state index contributed by atoms with van der Waals surface area (Å²) in [6, 6.07) is 16.4. The largest absolute Gasteiger partial charge is 0.354 e. The number of rotatable bonds is 11. The maximum atomic E-state index is 13.6. The van der Waals surface area contributed by atoms with Crippen molar-refractivity contribution in [2.75, 3.05) is 20.1 Å². The summed E-state index contributed by atoms with van der Waals surface area (Å²) in [6.45, 7) is 3.68. The molecule has 0 heterocycles. The van der Waals surface area contributed by atoms with Crippen molar-refractivity contribution in [3.8, 4) is 0 Å². The van der Waals surface area contributed by atoms with E-state index >= 15 is 0 Å². The van der Waals surface area contributed by atoms with E-state index in [4.69, 9.17) is 23.2 Å². The molecule has 0 saturated carbocycles. The highest BCUT2D eigenvalue weighted by Crippen LogP contribution is 2.27. The fourth-order valence-electron chi connectivity index (χ4n) is 4.01. The SMILES string of the molecule is CCCNC(=O)C(CC)N(Cc1c(Cl)cccc1Cl)C(=O)CN(C)S(=O)(=O)c1ccc2ccccc2c1. The van der Waals surface area contributed by atoms with E-state index in [1.165, 1.54) is 18.0 Å². The number of hydrogen-bond acceptors (Lipinski definition) is 4. The van der Waals surface area contributed by atoms with Crippen LogP contribution in [0, 0.1) is 0 Å². The van der Waals surface area contributed by atoms with Crippen LogP contribution in [0.1, 0.15) is 32.3 Å². The van der Waals surface area contributed by atoms with E-state index in [2.05, 4.69) is 5.32 Å². The molecule has 0 aliphatic rings. The molecule has 0 saturated heterocycles. The monoisotopic (exact) mass is 563 g/mol. The van der Waals surface area contributed by atoms with E-state index in [1.54, 1.807) is 37.3 Å². The van der Waals surface area contributed by atoms with Crippen molar-refractivity contribution in [3.05, 3.63) is 76.3 Å². The molecule has 0 aliphatic carbocycles. The van der Waals surface area contributed by atoms with Crippen molar-refractivity contribution < 1.29 is 18.0 Å². The average molecular weight is 565 g/mol. The van der Waals surface area contributed by atoms with Gasteiger partial charge in [0.25, 0.3) is 0 Å². The molecule has 3 aromatic rings. The van der Waals surface area contributed by atoms with E-state index in [9.17, 15) is 18.0 Å². The fourth-order valence-corrected chi connectivity index (χ4v) is 5.69. The first-order chi connectivity index (χ1) is 17.6. The molecular formula is C27H31Cl2N3O4S. The molecule has 0 aromatic heterocycles. The molecule has 1 unspecified atom stereocenters. The zero-order valence-electron chi connectivity index (χ0n) is 21.1. The second kappa shape index (κ2) is 12.7. The second-order valence-corrected chi connectivity index (χ2v) is 11.6. The number of sulfonamides is 1. The number of amides is 2. The van der Waals surface area contributed by atoms with E-state index < -0.39 is 28.5 Å². The number of hydrogen-bond donors (Lipinski definition) is 1. The van der Waals surface area contributed by atoms with Crippen LogP contribution in [0.15, 0.2) is 65.6 Å². The third-order valence-electron chi connectivity index (χ3n) is 6.11. The van der Waals surface area contributed by atoms with Crippen LogP contribution in [-0.2, 0) is 26.2 Å². The predicted molar refractivity (Wildman–Crippen MR) is 148 cm³/mol. The standard InChI is InChI=1S/C27H31Cl2N3O4S/c1-4-15-30-27(34)25(5-2)32(17-22-23(28)11-8-12-24(22)29)26(33)18-31(3)37(35,36)21-14-13-19-9-6-7-10-20(19)16-21/h6-14,16,25H,4-5,15,17-18H2,1-3H3,(H,30,34). The van der Waals surface area contributed by atoms with Gasteiger partial charge in [0.2, 0.25) is 21.8 Å². The van der Waals surface area contributed by atoms with Crippen molar-refractivity contribution in [1.82, 2.24) is 14.5 Å². The fraction of sp³-hybridized carbons (Fsp3) is 0.333. The number of likely N-dealkylation sites (N-methyl/N-ethyl adjacent to an activating group) is 1. The quantitative estimate of drug-likeness (QED) is 0.351. The summed E-state index contributed by atoms with van der Waals surface area (Å²) in [5.74, 6) is -0.859. The van der Waals surface area contributed by atoms with Crippen LogP contribution in [0.2, 0.25) is 10.0 Å². The molecule has 7 nitrogen and oxygen atoms in total. The third kappa shape index (κ3) is 6.82. The highest BCUT2D eigenvalue weighted by Gasteiger charge is 2.32. The highest BCUT2D eigenvalue weighted by atomic mass is 35.5. The van der Waals surface area contributed by atoms with Crippen LogP contribution in [-0.4, -0.2) is 55.6 Å². The van der Waals surface area contributed by atoms with Gasteiger partial charge in [0.05, 0.1) is 11.4 Å². The van der Waals surface area contributed by atoms with Crippen molar-refractivity contribution >= 4 is 55.8 Å². The normalized spacial score (nSPS) is 12.5. The number of carbonyl (C=O) groups is 2. The van der Waals surface area contributed by atoms with Gasteiger partial charge < -0.3 is 10.2 Å². The van der Waals surface area contributed by atoms with Gasteiger partial charge in [0.1, 0.15) is 6.04 Å². The molecular weight excluding hydrogens is 533 g/mol. The van der Waals surface area contributed by atoms with E-state index in [0.717, 1.165) is 21.5 Å². The summed E-state index contributed by atoms with van der Waals surface area (Å²) >= 11 is 12.7. The van der Waals surface area contributed by atoms with E-state index in [0.29, 0.717) is 28.6 Å². The van der Waals surface area contributed by atoms with Gasteiger partial charge in [-0.3, -0.25) is 9.59 Å². The maximum absolute atomic E-state index is 13.6. The highest BCUT2D eigenvalue weighted by molar-refractivity contribution is 7.89. The minimum Gasteiger partial charge on any atom is -0.354 e. The second-order valence-electron chi connectivity index (χ2n) is 8.71. The molecule has 37 heavy (non-hydrogen) atoms. The summed E-state index contributed by atoms with van der Waals surface area (Å²) in [5, 5.41) is 5.22. The lowest BCUT2D eigenvalue weighted by Gasteiger charge is -2.32. The number of fused-ring (bicyclic) bond motifs is 1. The predicted octanol–water partition coefficient (Wildman–Crippen LogP) is 5.10. The number of halogens is 2. The van der Waals surface area contributed by atoms with Gasteiger partial charge >= 0.3 is 0 Å². The number of carbonyl (C=O) groups excluding carboxylic acids is 2. The Morgan fingerprint density at radius 2 is 1.59 bits per heavy atom. The summed E-state index contributed by atoms with van der Waals surface area (Å²) in [4.78, 5) is 28.0. The Kier molecular flexibility index (Phi) is 9.95. The van der Waals surface area contributed by atoms with Gasteiger partial charge in [0.15, 0.2) is 0 Å². The molecule has 1 atom stereocenters. The Morgan fingerprint density at radius 1 is 0.946 bits per heavy atom. The number of nitrogens with one attached hydrogen (secondary N) is 1. The van der Waals surface area contributed by atoms with Gasteiger partial charge in [-0.25, -0.2) is 8.42 Å². The molecule has 198 valence electrons. The van der Waals surface area contributed by atoms with Crippen LogP contribution >= 0.6 is 23.2 Å².